The lowest BCUT2D eigenvalue weighted by atomic mass is 10.1. The minimum Gasteiger partial charge on any atom is -0.481 e. The van der Waals surface area contributed by atoms with Gasteiger partial charge in [0.2, 0.25) is 5.91 Å². The maximum absolute atomic E-state index is 12.8. The number of benzene rings is 2. The van der Waals surface area contributed by atoms with Crippen LogP contribution in [0, 0.1) is 0 Å². The van der Waals surface area contributed by atoms with Crippen molar-refractivity contribution in [2.75, 3.05) is 13.7 Å². The summed E-state index contributed by atoms with van der Waals surface area (Å²) in [5.41, 5.74) is 2.99. The first kappa shape index (κ1) is 19.7. The highest BCUT2D eigenvalue weighted by molar-refractivity contribution is 5.79. The Labute approximate surface area is 154 Å². The molecule has 0 aliphatic heterocycles. The molecule has 0 saturated carbocycles. The Morgan fingerprint density at radius 1 is 1.00 bits per heavy atom. The summed E-state index contributed by atoms with van der Waals surface area (Å²) in [5.74, 6) is -0.849. The molecule has 1 amide bonds. The van der Waals surface area contributed by atoms with Gasteiger partial charge in [-0.25, -0.2) is 0 Å². The van der Waals surface area contributed by atoms with E-state index in [1.165, 1.54) is 0 Å². The molecule has 1 N–H and O–H groups in total. The predicted octanol–water partition coefficient (Wildman–Crippen LogP) is 3.27. The van der Waals surface area contributed by atoms with Gasteiger partial charge >= 0.3 is 5.97 Å². The topological polar surface area (TPSA) is 66.8 Å². The van der Waals surface area contributed by atoms with Gasteiger partial charge in [-0.2, -0.15) is 0 Å². The third kappa shape index (κ3) is 6.69. The number of carbonyl (C=O) groups excluding carboxylic acids is 1. The van der Waals surface area contributed by atoms with Crippen LogP contribution >= 0.6 is 0 Å². The first-order chi connectivity index (χ1) is 12.6. The molecule has 5 nitrogen and oxygen atoms in total. The SMILES string of the molecule is COCc1cccc(CC(=O)N(CCCC(=O)O)Cc2ccccc2)c1. The number of hydrogen-bond acceptors (Lipinski definition) is 3. The highest BCUT2D eigenvalue weighted by Gasteiger charge is 2.15. The van der Waals surface area contributed by atoms with E-state index in [2.05, 4.69) is 0 Å². The Kier molecular flexibility index (Phi) is 7.83. The fraction of sp³-hybridized carbons (Fsp3) is 0.333. The molecule has 0 fully saturated rings. The van der Waals surface area contributed by atoms with Crippen LogP contribution < -0.4 is 0 Å². The highest BCUT2D eigenvalue weighted by atomic mass is 16.5. The van der Waals surface area contributed by atoms with Gasteiger partial charge in [0, 0.05) is 26.6 Å². The molecule has 2 aromatic carbocycles. The standard InChI is InChI=1S/C21H25NO4/c1-26-16-19-10-5-9-18(13-19)14-20(23)22(12-6-11-21(24)25)15-17-7-3-2-4-8-17/h2-5,7-10,13H,6,11-12,14-16H2,1H3,(H,24,25). The van der Waals surface area contributed by atoms with Crippen molar-refractivity contribution in [2.45, 2.75) is 32.4 Å². The molecule has 0 aliphatic rings. The van der Waals surface area contributed by atoms with Gasteiger partial charge in [-0.1, -0.05) is 54.6 Å². The quantitative estimate of drug-likeness (QED) is 0.710. The van der Waals surface area contributed by atoms with Gasteiger partial charge in [-0.05, 0) is 23.1 Å². The van der Waals surface area contributed by atoms with Gasteiger partial charge in [0.25, 0.3) is 0 Å². The second kappa shape index (κ2) is 10.4. The molecule has 0 radical (unpaired) electrons. The number of methoxy groups -OCH3 is 1. The predicted molar refractivity (Wildman–Crippen MR) is 99.6 cm³/mol. The number of carbonyl (C=O) groups is 2. The Hall–Kier alpha value is -2.66. The molecule has 138 valence electrons. The van der Waals surface area contributed by atoms with Crippen LogP contribution in [0.4, 0.5) is 0 Å². The van der Waals surface area contributed by atoms with E-state index < -0.39 is 5.97 Å². The van der Waals surface area contributed by atoms with Gasteiger partial charge < -0.3 is 14.7 Å². The van der Waals surface area contributed by atoms with Crippen LogP contribution in [0.15, 0.2) is 54.6 Å². The summed E-state index contributed by atoms with van der Waals surface area (Å²) in [4.78, 5) is 25.3. The highest BCUT2D eigenvalue weighted by Crippen LogP contribution is 2.12. The second-order valence-corrected chi connectivity index (χ2v) is 6.23. The monoisotopic (exact) mass is 355 g/mol. The van der Waals surface area contributed by atoms with E-state index in [4.69, 9.17) is 9.84 Å². The Balaban J connectivity index is 2.05. The maximum atomic E-state index is 12.8. The Morgan fingerprint density at radius 2 is 1.69 bits per heavy atom. The largest absolute Gasteiger partial charge is 0.481 e. The third-order valence-corrected chi connectivity index (χ3v) is 4.05. The molecule has 26 heavy (non-hydrogen) atoms. The zero-order valence-corrected chi connectivity index (χ0v) is 15.1. The minimum atomic E-state index is -0.843. The van der Waals surface area contributed by atoms with Crippen LogP contribution in [0.2, 0.25) is 0 Å². The van der Waals surface area contributed by atoms with Crippen molar-refractivity contribution >= 4 is 11.9 Å². The zero-order valence-electron chi connectivity index (χ0n) is 15.1. The number of nitrogens with zero attached hydrogens (tertiary/aromatic N) is 1. The maximum Gasteiger partial charge on any atom is 0.303 e. The van der Waals surface area contributed by atoms with E-state index in [0.29, 0.717) is 26.1 Å². The lowest BCUT2D eigenvalue weighted by molar-refractivity contribution is -0.138. The molecule has 0 spiro atoms. The summed E-state index contributed by atoms with van der Waals surface area (Å²) >= 11 is 0. The van der Waals surface area contributed by atoms with Crippen molar-refractivity contribution in [3.8, 4) is 0 Å². The van der Waals surface area contributed by atoms with Crippen molar-refractivity contribution in [1.29, 1.82) is 0 Å². The molecular weight excluding hydrogens is 330 g/mol. The Bertz CT molecular complexity index is 715. The second-order valence-electron chi connectivity index (χ2n) is 6.23. The fourth-order valence-corrected chi connectivity index (χ4v) is 2.80. The van der Waals surface area contributed by atoms with Gasteiger partial charge in [0.05, 0.1) is 13.0 Å². The van der Waals surface area contributed by atoms with E-state index in [0.717, 1.165) is 16.7 Å². The van der Waals surface area contributed by atoms with Gasteiger partial charge in [-0.15, -0.1) is 0 Å². The van der Waals surface area contributed by atoms with E-state index in [1.807, 2.05) is 54.6 Å². The Morgan fingerprint density at radius 3 is 2.38 bits per heavy atom. The summed E-state index contributed by atoms with van der Waals surface area (Å²) in [6.45, 7) is 1.42. The number of aliphatic carboxylic acids is 1. The number of carboxylic acids is 1. The average Bonchev–Trinajstić information content (AvgIpc) is 2.62. The van der Waals surface area contributed by atoms with Crippen molar-refractivity contribution in [3.63, 3.8) is 0 Å². The molecule has 0 aromatic heterocycles. The normalized spacial score (nSPS) is 10.5. The molecule has 0 aliphatic carbocycles. The van der Waals surface area contributed by atoms with Gasteiger partial charge in [-0.3, -0.25) is 9.59 Å². The molecule has 2 aromatic rings. The number of ether oxygens (including phenoxy) is 1. The van der Waals surface area contributed by atoms with E-state index in [9.17, 15) is 9.59 Å². The van der Waals surface area contributed by atoms with Crippen LogP contribution in [0.5, 0.6) is 0 Å². The van der Waals surface area contributed by atoms with Gasteiger partial charge in [0.15, 0.2) is 0 Å². The summed E-state index contributed by atoms with van der Waals surface area (Å²) in [6.07, 6.45) is 0.789. The van der Waals surface area contributed by atoms with Crippen LogP contribution in [-0.2, 0) is 33.9 Å². The van der Waals surface area contributed by atoms with Gasteiger partial charge in [0.1, 0.15) is 0 Å². The lowest BCUT2D eigenvalue weighted by Crippen LogP contribution is -2.33. The molecule has 0 heterocycles. The van der Waals surface area contributed by atoms with Crippen LogP contribution in [0.25, 0.3) is 0 Å². The molecule has 0 unspecified atom stereocenters. The average molecular weight is 355 g/mol. The molecular formula is C21H25NO4. The van der Waals surface area contributed by atoms with Crippen molar-refractivity contribution in [1.82, 2.24) is 4.90 Å². The number of rotatable bonds is 10. The van der Waals surface area contributed by atoms with E-state index >= 15 is 0 Å². The molecule has 5 heteroatoms. The van der Waals surface area contributed by atoms with Crippen LogP contribution in [0.3, 0.4) is 0 Å². The number of hydrogen-bond donors (Lipinski definition) is 1. The van der Waals surface area contributed by atoms with Crippen molar-refractivity contribution in [3.05, 3.63) is 71.3 Å². The zero-order chi connectivity index (χ0) is 18.8. The summed E-state index contributed by atoms with van der Waals surface area (Å²) in [5, 5.41) is 8.86. The van der Waals surface area contributed by atoms with E-state index in [-0.39, 0.29) is 18.7 Å². The first-order valence-electron chi connectivity index (χ1n) is 8.68. The molecule has 0 bridgehead atoms. The minimum absolute atomic E-state index is 0.00573. The first-order valence-corrected chi connectivity index (χ1v) is 8.68. The molecule has 0 saturated heterocycles. The summed E-state index contributed by atoms with van der Waals surface area (Å²) in [6, 6.07) is 17.5. The number of amides is 1. The van der Waals surface area contributed by atoms with E-state index in [1.54, 1.807) is 12.0 Å². The summed E-state index contributed by atoms with van der Waals surface area (Å²) in [7, 11) is 1.64. The smallest absolute Gasteiger partial charge is 0.303 e. The number of carboxylic acid groups (broad SMARTS) is 1. The fourth-order valence-electron chi connectivity index (χ4n) is 2.80. The van der Waals surface area contributed by atoms with Crippen molar-refractivity contribution < 1.29 is 19.4 Å². The van der Waals surface area contributed by atoms with Crippen LogP contribution in [-0.4, -0.2) is 35.5 Å². The molecule has 0 atom stereocenters. The van der Waals surface area contributed by atoms with Crippen LogP contribution in [0.1, 0.15) is 29.5 Å². The third-order valence-electron chi connectivity index (χ3n) is 4.05. The van der Waals surface area contributed by atoms with Crippen molar-refractivity contribution in [2.24, 2.45) is 0 Å². The summed E-state index contributed by atoms with van der Waals surface area (Å²) < 4.78 is 5.14. The molecule has 2 rings (SSSR count). The lowest BCUT2D eigenvalue weighted by Gasteiger charge is -2.23.